The Kier molecular flexibility index (Phi) is 6.87. The van der Waals surface area contributed by atoms with Crippen LogP contribution in [0.4, 0.5) is 0 Å². The van der Waals surface area contributed by atoms with E-state index in [1.54, 1.807) is 18.3 Å². The third kappa shape index (κ3) is 5.61. The number of rotatable bonds is 7. The van der Waals surface area contributed by atoms with Crippen molar-refractivity contribution in [1.29, 1.82) is 0 Å². The van der Waals surface area contributed by atoms with E-state index in [2.05, 4.69) is 22.5 Å². The largest absolute Gasteiger partial charge is 0.383 e. The number of nitrogens with one attached hydrogen (secondary N) is 2. The summed E-state index contributed by atoms with van der Waals surface area (Å²) >= 11 is 1.56. The van der Waals surface area contributed by atoms with Gasteiger partial charge in [0, 0.05) is 18.0 Å². The van der Waals surface area contributed by atoms with Crippen molar-refractivity contribution >= 4 is 17.3 Å². The summed E-state index contributed by atoms with van der Waals surface area (Å²) in [5, 5.41) is 18.8. The fourth-order valence-electron chi connectivity index (χ4n) is 1.62. The monoisotopic (exact) mass is 283 g/mol. The number of nitrogens with zero attached hydrogens (tertiary/aromatic N) is 1. The molecule has 1 aromatic rings. The molecule has 0 radical (unpaired) electrons. The second-order valence-electron chi connectivity index (χ2n) is 4.73. The lowest BCUT2D eigenvalue weighted by atomic mass is 10.1. The summed E-state index contributed by atoms with van der Waals surface area (Å²) in [4.78, 5) is 5.41. The molecule has 0 saturated heterocycles. The van der Waals surface area contributed by atoms with Crippen molar-refractivity contribution in [3.63, 3.8) is 0 Å². The number of aliphatic imine (C=N–C) groups is 1. The Morgan fingerprint density at radius 1 is 1.42 bits per heavy atom. The second-order valence-corrected chi connectivity index (χ2v) is 5.67. The van der Waals surface area contributed by atoms with Crippen LogP contribution in [0.2, 0.25) is 0 Å². The minimum absolute atomic E-state index is 0.356. The average molecular weight is 283 g/mol. The van der Waals surface area contributed by atoms with E-state index in [4.69, 9.17) is 0 Å². The zero-order chi connectivity index (χ0) is 14.1. The molecule has 0 aliphatic rings. The summed E-state index contributed by atoms with van der Waals surface area (Å²) < 4.78 is 0. The summed E-state index contributed by atoms with van der Waals surface area (Å²) in [6.07, 6.45) is 2.27. The lowest BCUT2D eigenvalue weighted by Crippen LogP contribution is -2.39. The van der Waals surface area contributed by atoms with E-state index in [-0.39, 0.29) is 0 Å². The highest BCUT2D eigenvalue weighted by molar-refractivity contribution is 7.10. The standard InChI is InChI=1S/C14H25N3OS/c1-4-6-9-16-13(15-5-2)17-11-14(3,18)12-8-7-10-19-12/h7-8,10,18H,4-6,9,11H2,1-3H3,(H2,15,16,17). The summed E-state index contributed by atoms with van der Waals surface area (Å²) in [7, 11) is 0. The first-order valence-electron chi connectivity index (χ1n) is 6.88. The minimum atomic E-state index is -0.902. The summed E-state index contributed by atoms with van der Waals surface area (Å²) in [5.74, 6) is 0.771. The van der Waals surface area contributed by atoms with Gasteiger partial charge in [0.2, 0.25) is 0 Å². The Balaban J connectivity index is 2.58. The molecule has 0 saturated carbocycles. The van der Waals surface area contributed by atoms with Crippen molar-refractivity contribution in [3.8, 4) is 0 Å². The summed E-state index contributed by atoms with van der Waals surface area (Å²) in [5.41, 5.74) is -0.902. The molecule has 0 amide bonds. The van der Waals surface area contributed by atoms with Gasteiger partial charge in [0.25, 0.3) is 0 Å². The normalized spacial score (nSPS) is 15.1. The molecular formula is C14H25N3OS. The second kappa shape index (κ2) is 8.17. The van der Waals surface area contributed by atoms with Gasteiger partial charge in [-0.05, 0) is 31.7 Å². The lowest BCUT2D eigenvalue weighted by Gasteiger charge is -2.20. The zero-order valence-electron chi connectivity index (χ0n) is 12.1. The van der Waals surface area contributed by atoms with Gasteiger partial charge in [-0.2, -0.15) is 0 Å². The Morgan fingerprint density at radius 3 is 2.79 bits per heavy atom. The van der Waals surface area contributed by atoms with Crippen LogP contribution in [0.15, 0.2) is 22.5 Å². The van der Waals surface area contributed by atoms with E-state index in [0.29, 0.717) is 6.54 Å². The van der Waals surface area contributed by atoms with Crippen LogP contribution in [0, 0.1) is 0 Å². The van der Waals surface area contributed by atoms with E-state index in [1.807, 2.05) is 24.4 Å². The van der Waals surface area contributed by atoms with Crippen molar-refractivity contribution in [2.24, 2.45) is 4.99 Å². The number of guanidine groups is 1. The molecule has 0 bridgehead atoms. The molecular weight excluding hydrogens is 258 g/mol. The maximum absolute atomic E-state index is 10.4. The van der Waals surface area contributed by atoms with E-state index >= 15 is 0 Å². The average Bonchev–Trinajstić information content (AvgIpc) is 2.91. The third-order valence-corrected chi connectivity index (χ3v) is 3.89. The topological polar surface area (TPSA) is 56.7 Å². The summed E-state index contributed by atoms with van der Waals surface area (Å²) in [6.45, 7) is 8.08. The van der Waals surface area contributed by atoms with E-state index < -0.39 is 5.60 Å². The van der Waals surface area contributed by atoms with Gasteiger partial charge < -0.3 is 15.7 Å². The van der Waals surface area contributed by atoms with Gasteiger partial charge in [-0.1, -0.05) is 19.4 Å². The van der Waals surface area contributed by atoms with Gasteiger partial charge >= 0.3 is 0 Å². The van der Waals surface area contributed by atoms with Crippen molar-refractivity contribution in [2.45, 2.75) is 39.2 Å². The molecule has 19 heavy (non-hydrogen) atoms. The van der Waals surface area contributed by atoms with Crippen molar-refractivity contribution < 1.29 is 5.11 Å². The Hall–Kier alpha value is -1.07. The molecule has 0 aliphatic carbocycles. The molecule has 0 aliphatic heterocycles. The third-order valence-electron chi connectivity index (χ3n) is 2.76. The molecule has 1 heterocycles. The fraction of sp³-hybridized carbons (Fsp3) is 0.643. The highest BCUT2D eigenvalue weighted by atomic mass is 32.1. The van der Waals surface area contributed by atoms with Crippen LogP contribution >= 0.6 is 11.3 Å². The molecule has 1 unspecified atom stereocenters. The van der Waals surface area contributed by atoms with Crippen LogP contribution in [0.5, 0.6) is 0 Å². The van der Waals surface area contributed by atoms with Crippen molar-refractivity contribution in [2.75, 3.05) is 19.6 Å². The predicted molar refractivity (Wildman–Crippen MR) is 82.8 cm³/mol. The van der Waals surface area contributed by atoms with Gasteiger partial charge in [-0.25, -0.2) is 4.99 Å². The Bertz CT molecular complexity index is 374. The van der Waals surface area contributed by atoms with Gasteiger partial charge in [0.1, 0.15) is 5.60 Å². The Morgan fingerprint density at radius 2 is 2.21 bits per heavy atom. The van der Waals surface area contributed by atoms with E-state index in [0.717, 1.165) is 36.8 Å². The summed E-state index contributed by atoms with van der Waals surface area (Å²) in [6, 6.07) is 3.89. The molecule has 1 aromatic heterocycles. The quantitative estimate of drug-likeness (QED) is 0.409. The van der Waals surface area contributed by atoms with Crippen molar-refractivity contribution in [1.82, 2.24) is 10.6 Å². The number of hydrogen-bond donors (Lipinski definition) is 3. The highest BCUT2D eigenvalue weighted by Crippen LogP contribution is 2.25. The van der Waals surface area contributed by atoms with E-state index in [9.17, 15) is 5.11 Å². The molecule has 1 rings (SSSR count). The first-order valence-corrected chi connectivity index (χ1v) is 7.76. The molecule has 0 aromatic carbocycles. The molecule has 5 heteroatoms. The van der Waals surface area contributed by atoms with Gasteiger partial charge in [-0.15, -0.1) is 11.3 Å². The number of unbranched alkanes of at least 4 members (excludes halogenated alkanes) is 1. The lowest BCUT2D eigenvalue weighted by molar-refractivity contribution is 0.0711. The van der Waals surface area contributed by atoms with Crippen molar-refractivity contribution in [3.05, 3.63) is 22.4 Å². The van der Waals surface area contributed by atoms with E-state index in [1.165, 1.54) is 0 Å². The molecule has 4 nitrogen and oxygen atoms in total. The molecule has 108 valence electrons. The van der Waals surface area contributed by atoms with Crippen LogP contribution in [-0.4, -0.2) is 30.7 Å². The first kappa shape index (κ1) is 16.0. The molecule has 0 spiro atoms. The van der Waals surface area contributed by atoms with Gasteiger partial charge in [-0.3, -0.25) is 0 Å². The Labute approximate surface area is 120 Å². The van der Waals surface area contributed by atoms with Crippen LogP contribution in [0.25, 0.3) is 0 Å². The maximum Gasteiger partial charge on any atom is 0.191 e. The van der Waals surface area contributed by atoms with Crippen LogP contribution in [0.1, 0.15) is 38.5 Å². The highest BCUT2D eigenvalue weighted by Gasteiger charge is 2.23. The van der Waals surface area contributed by atoms with Crippen LogP contribution in [-0.2, 0) is 5.60 Å². The van der Waals surface area contributed by atoms with Gasteiger partial charge in [0.15, 0.2) is 5.96 Å². The smallest absolute Gasteiger partial charge is 0.191 e. The predicted octanol–water partition coefficient (Wildman–Crippen LogP) is 2.31. The SMILES string of the molecule is CCCCNC(=NCC(C)(O)c1cccs1)NCC. The van der Waals surface area contributed by atoms with Crippen LogP contribution < -0.4 is 10.6 Å². The number of aliphatic hydroxyl groups is 1. The first-order chi connectivity index (χ1) is 9.10. The molecule has 0 fully saturated rings. The molecule has 3 N–H and O–H groups in total. The van der Waals surface area contributed by atoms with Gasteiger partial charge in [0.05, 0.1) is 6.54 Å². The molecule has 1 atom stereocenters. The fourth-order valence-corrected chi connectivity index (χ4v) is 2.40. The maximum atomic E-state index is 10.4. The van der Waals surface area contributed by atoms with Crippen LogP contribution in [0.3, 0.4) is 0 Å². The number of hydrogen-bond acceptors (Lipinski definition) is 3. The number of thiophene rings is 1. The zero-order valence-corrected chi connectivity index (χ0v) is 12.9. The minimum Gasteiger partial charge on any atom is -0.383 e.